The third-order valence-corrected chi connectivity index (χ3v) is 7.26. The molecule has 10 nitrogen and oxygen atoms in total. The summed E-state index contributed by atoms with van der Waals surface area (Å²) in [6, 6.07) is 4.12. The number of aromatic nitrogens is 6. The number of halogens is 5. The number of alkyl halides is 4. The number of hydrogen-bond donors (Lipinski definition) is 3. The number of hydrogen-bond acceptors (Lipinski definition) is 9. The van der Waals surface area contributed by atoms with Crippen LogP contribution in [0.4, 0.5) is 13.2 Å². The van der Waals surface area contributed by atoms with Crippen molar-refractivity contribution in [1.82, 2.24) is 29.8 Å². The zero-order valence-electron chi connectivity index (χ0n) is 17.1. The van der Waals surface area contributed by atoms with Crippen LogP contribution < -0.4 is 0 Å². The molecule has 1 aliphatic heterocycles. The molecule has 5 atom stereocenters. The Labute approximate surface area is 209 Å². The van der Waals surface area contributed by atoms with Gasteiger partial charge < -0.3 is 19.7 Å². The van der Waals surface area contributed by atoms with Crippen molar-refractivity contribution in [3.8, 4) is 5.82 Å². The average molecular weight is 586 g/mol. The molecular formula is C18H17BrClF3N6O4S. The molecule has 0 amide bonds. The van der Waals surface area contributed by atoms with E-state index in [1.807, 2.05) is 0 Å². The summed E-state index contributed by atoms with van der Waals surface area (Å²) in [6.07, 6.45) is -2.37. The number of thiol groups is 1. The van der Waals surface area contributed by atoms with Crippen molar-refractivity contribution in [1.29, 1.82) is 0 Å². The smallest absolute Gasteiger partial charge is 0.392 e. The van der Waals surface area contributed by atoms with Crippen molar-refractivity contribution in [2.75, 3.05) is 13.7 Å². The van der Waals surface area contributed by atoms with Gasteiger partial charge in [0.2, 0.25) is 5.60 Å². The molecule has 2 N–H and O–H groups in total. The number of aliphatic hydroxyl groups excluding tert-OH is 2. The van der Waals surface area contributed by atoms with Gasteiger partial charge in [-0.05, 0) is 28.1 Å². The second kappa shape index (κ2) is 8.72. The molecule has 1 aliphatic rings. The summed E-state index contributed by atoms with van der Waals surface area (Å²) in [5, 5.41) is 33.5. The van der Waals surface area contributed by atoms with Crippen LogP contribution in [0.15, 0.2) is 43.0 Å². The Hall–Kier alpha value is -1.75. The first kappa shape index (κ1) is 25.3. The molecule has 0 radical (unpaired) electrons. The van der Waals surface area contributed by atoms with Crippen LogP contribution in [-0.2, 0) is 15.0 Å². The zero-order chi connectivity index (χ0) is 24.9. The topological polar surface area (TPSA) is 120 Å². The number of rotatable bonds is 5. The van der Waals surface area contributed by atoms with Crippen molar-refractivity contribution < 1.29 is 32.9 Å². The molecule has 0 aliphatic carbocycles. The van der Waals surface area contributed by atoms with Gasteiger partial charge >= 0.3 is 6.18 Å². The summed E-state index contributed by atoms with van der Waals surface area (Å²) < 4.78 is 55.4. The standard InChI is InChI=1S/C18H17BrClF3N6O4S/c1-32-17(18(21,22)23)14(34)33-15(19,9-30)13(31)16(17,10-3-2-5-24-7-10)29-8-12(25-27-29)28-6-4-11(20)26-28/h2-8,13-14,30-31,34H,9H2,1H3/t13-,14+,15+,16?,17-/m0/s1. The molecule has 1 saturated heterocycles. The highest BCUT2D eigenvalue weighted by atomic mass is 79.9. The van der Waals surface area contributed by atoms with E-state index in [2.05, 4.69) is 49.0 Å². The van der Waals surface area contributed by atoms with Crippen molar-refractivity contribution in [3.05, 3.63) is 53.7 Å². The largest absolute Gasteiger partial charge is 0.423 e. The fourth-order valence-electron chi connectivity index (χ4n) is 4.24. The number of ether oxygens (including phenoxy) is 2. The maximum Gasteiger partial charge on any atom is 0.423 e. The molecule has 0 saturated carbocycles. The maximum atomic E-state index is 15.0. The van der Waals surface area contributed by atoms with Gasteiger partial charge in [-0.3, -0.25) is 4.98 Å². The first-order chi connectivity index (χ1) is 16.0. The van der Waals surface area contributed by atoms with Gasteiger partial charge in [-0.1, -0.05) is 22.9 Å². The van der Waals surface area contributed by atoms with Gasteiger partial charge in [-0.15, -0.1) is 17.7 Å². The lowest BCUT2D eigenvalue weighted by molar-refractivity contribution is -0.369. The molecule has 0 bridgehead atoms. The van der Waals surface area contributed by atoms with Gasteiger partial charge in [-0.25, -0.2) is 9.36 Å². The van der Waals surface area contributed by atoms with E-state index >= 15 is 13.2 Å². The summed E-state index contributed by atoms with van der Waals surface area (Å²) in [4.78, 5) is 3.94. The van der Waals surface area contributed by atoms with Crippen molar-refractivity contribution in [2.45, 2.75) is 33.4 Å². The zero-order valence-corrected chi connectivity index (χ0v) is 20.4. The Bertz CT molecular complexity index is 1170. The lowest BCUT2D eigenvalue weighted by Crippen LogP contribution is -2.81. The van der Waals surface area contributed by atoms with E-state index < -0.39 is 40.0 Å². The van der Waals surface area contributed by atoms with Crippen LogP contribution in [0, 0.1) is 0 Å². The van der Waals surface area contributed by atoms with Gasteiger partial charge in [0.25, 0.3) is 0 Å². The number of methoxy groups -OCH3 is 1. The minimum absolute atomic E-state index is 0.0130. The molecule has 34 heavy (non-hydrogen) atoms. The van der Waals surface area contributed by atoms with Gasteiger partial charge in [0, 0.05) is 31.3 Å². The molecule has 184 valence electrons. The van der Waals surface area contributed by atoms with Crippen LogP contribution >= 0.6 is 40.2 Å². The maximum absolute atomic E-state index is 15.0. The minimum Gasteiger partial charge on any atom is -0.392 e. The highest BCUT2D eigenvalue weighted by Gasteiger charge is 2.81. The van der Waals surface area contributed by atoms with E-state index in [0.29, 0.717) is 0 Å². The van der Waals surface area contributed by atoms with E-state index in [9.17, 15) is 10.2 Å². The number of pyridine rings is 1. The van der Waals surface area contributed by atoms with E-state index in [4.69, 9.17) is 21.1 Å². The summed E-state index contributed by atoms with van der Waals surface area (Å²) in [7, 11) is 0.809. The van der Waals surface area contributed by atoms with Crippen LogP contribution in [0.2, 0.25) is 5.15 Å². The third-order valence-electron chi connectivity index (χ3n) is 5.72. The Morgan fingerprint density at radius 1 is 1.38 bits per heavy atom. The molecular weight excluding hydrogens is 569 g/mol. The highest BCUT2D eigenvalue weighted by Crippen LogP contribution is 2.60. The SMILES string of the molecule is CO[C@@]1(C(F)(F)F)[C@@H](S)O[C@](Br)(CO)[C@H](O)C1(c1cccnc1)n1cc(-n2ccc(Cl)n2)nn1. The third kappa shape index (κ3) is 3.40. The molecule has 16 heteroatoms. The lowest BCUT2D eigenvalue weighted by atomic mass is 9.67. The van der Waals surface area contributed by atoms with E-state index in [1.165, 1.54) is 35.3 Å². The normalized spacial score (nSPS) is 32.1. The molecule has 4 rings (SSSR count). The molecule has 4 heterocycles. The van der Waals surface area contributed by atoms with Crippen LogP contribution in [0.3, 0.4) is 0 Å². The first-order valence-electron chi connectivity index (χ1n) is 9.48. The Kier molecular flexibility index (Phi) is 6.50. The summed E-state index contributed by atoms with van der Waals surface area (Å²) >= 11 is 13.0. The molecule has 3 aromatic rings. The first-order valence-corrected chi connectivity index (χ1v) is 11.2. The van der Waals surface area contributed by atoms with Crippen LogP contribution in [-0.4, -0.2) is 81.5 Å². The van der Waals surface area contributed by atoms with Gasteiger partial charge in [0.05, 0.1) is 12.8 Å². The molecule has 1 fully saturated rings. The van der Waals surface area contributed by atoms with Gasteiger partial charge in [-0.2, -0.15) is 18.3 Å². The molecule has 3 aromatic heterocycles. The fourth-order valence-corrected chi connectivity index (χ4v) is 5.68. The van der Waals surface area contributed by atoms with Crippen molar-refractivity contribution >= 4 is 40.2 Å². The highest BCUT2D eigenvalue weighted by molar-refractivity contribution is 9.10. The predicted octanol–water partition coefficient (Wildman–Crippen LogP) is 1.93. The van der Waals surface area contributed by atoms with Crippen molar-refractivity contribution in [2.24, 2.45) is 0 Å². The fraction of sp³-hybridized carbons (Fsp3) is 0.444. The quantitative estimate of drug-likeness (QED) is 0.307. The lowest BCUT2D eigenvalue weighted by Gasteiger charge is -2.60. The summed E-state index contributed by atoms with van der Waals surface area (Å²) in [5.41, 5.74) is -8.26. The van der Waals surface area contributed by atoms with E-state index in [-0.39, 0.29) is 16.5 Å². The van der Waals surface area contributed by atoms with E-state index in [1.54, 1.807) is 0 Å². The summed E-state index contributed by atoms with van der Waals surface area (Å²) in [6.45, 7) is -0.929. The molecule has 1 unspecified atom stereocenters. The second-order valence-corrected chi connectivity index (χ2v) is 9.57. The van der Waals surface area contributed by atoms with Crippen molar-refractivity contribution in [3.63, 3.8) is 0 Å². The van der Waals surface area contributed by atoms with Crippen LogP contribution in [0.1, 0.15) is 5.56 Å². The Morgan fingerprint density at radius 2 is 2.12 bits per heavy atom. The van der Waals surface area contributed by atoms with Crippen LogP contribution in [0.5, 0.6) is 0 Å². The Balaban J connectivity index is 2.12. The van der Waals surface area contributed by atoms with Crippen LogP contribution in [0.25, 0.3) is 5.82 Å². The molecule has 0 aromatic carbocycles. The Morgan fingerprint density at radius 3 is 2.65 bits per heavy atom. The number of nitrogens with zero attached hydrogens (tertiary/aromatic N) is 6. The molecule has 0 spiro atoms. The number of aliphatic hydroxyl groups is 2. The average Bonchev–Trinajstić information content (AvgIpc) is 3.45. The van der Waals surface area contributed by atoms with Gasteiger partial charge in [0.1, 0.15) is 11.5 Å². The van der Waals surface area contributed by atoms with E-state index in [0.717, 1.165) is 24.2 Å². The monoisotopic (exact) mass is 584 g/mol. The summed E-state index contributed by atoms with van der Waals surface area (Å²) in [5.74, 6) is -0.0130. The second-order valence-electron chi connectivity index (χ2n) is 7.37. The van der Waals surface area contributed by atoms with Gasteiger partial charge in [0.15, 0.2) is 21.0 Å². The minimum atomic E-state index is -5.20. The predicted molar refractivity (Wildman–Crippen MR) is 118 cm³/mol.